The third kappa shape index (κ3) is 6.14. The second kappa shape index (κ2) is 11.4. The zero-order valence-electron chi connectivity index (χ0n) is 21.8. The molecule has 0 aliphatic rings. The number of phenols is 1. The van der Waals surface area contributed by atoms with Gasteiger partial charge in [-0.3, -0.25) is 14.4 Å². The van der Waals surface area contributed by atoms with E-state index < -0.39 is 0 Å². The van der Waals surface area contributed by atoms with E-state index in [2.05, 4.69) is 10.2 Å². The number of carbonyl (C=O) groups is 3. The van der Waals surface area contributed by atoms with Crippen molar-refractivity contribution in [1.82, 2.24) is 15.0 Å². The van der Waals surface area contributed by atoms with Gasteiger partial charge in [0.25, 0.3) is 0 Å². The molecule has 8 nitrogen and oxygen atoms in total. The topological polar surface area (TPSA) is 111 Å². The lowest BCUT2D eigenvalue weighted by Crippen LogP contribution is -2.14. The van der Waals surface area contributed by atoms with Gasteiger partial charge in [0.05, 0.1) is 6.61 Å². The summed E-state index contributed by atoms with van der Waals surface area (Å²) >= 11 is 0. The quantitative estimate of drug-likeness (QED) is 0.177. The van der Waals surface area contributed by atoms with Gasteiger partial charge in [-0.05, 0) is 60.1 Å². The second-order valence-electron chi connectivity index (χ2n) is 10.3. The minimum Gasteiger partial charge on any atom is -0.505 e. The first kappa shape index (κ1) is 26.7. The van der Waals surface area contributed by atoms with E-state index in [1.165, 1.54) is 4.80 Å². The second-order valence-corrected chi connectivity index (χ2v) is 10.3. The minimum atomic E-state index is -0.338. The third-order valence-electron chi connectivity index (χ3n) is 6.36. The van der Waals surface area contributed by atoms with Crippen molar-refractivity contribution in [1.29, 1.82) is 0 Å². The Morgan fingerprint density at radius 1 is 0.921 bits per heavy atom. The summed E-state index contributed by atoms with van der Waals surface area (Å²) in [5.74, 6) is -0.201. The van der Waals surface area contributed by atoms with Crippen LogP contribution >= 0.6 is 0 Å². The van der Waals surface area contributed by atoms with Gasteiger partial charge >= 0.3 is 5.97 Å². The summed E-state index contributed by atoms with van der Waals surface area (Å²) in [5, 5.41) is 20.1. The standard InChI is InChI=1S/C30H31N3O5/c1-30(2,3)24-16-21(17-27(29(24)37)33-31-25-8-4-5-9-26(25)32-33)11-13-28(36)38-14-6-7-20-10-12-22(18-34)23(15-20)19-35/h4-5,8-10,12,15-19,37H,6-7,11,13-14H2,1-3H3. The van der Waals surface area contributed by atoms with Crippen LogP contribution in [0.1, 0.15) is 71.0 Å². The van der Waals surface area contributed by atoms with Crippen LogP contribution in [0.3, 0.4) is 0 Å². The Labute approximate surface area is 221 Å². The molecule has 4 aromatic rings. The van der Waals surface area contributed by atoms with Crippen molar-refractivity contribution in [3.63, 3.8) is 0 Å². The number of phenolic OH excluding ortho intramolecular Hbond substituents is 1. The molecule has 1 heterocycles. The first-order valence-corrected chi connectivity index (χ1v) is 12.6. The van der Waals surface area contributed by atoms with E-state index >= 15 is 0 Å². The van der Waals surface area contributed by atoms with E-state index in [9.17, 15) is 19.5 Å². The van der Waals surface area contributed by atoms with Crippen LogP contribution in [-0.2, 0) is 27.8 Å². The van der Waals surface area contributed by atoms with Crippen LogP contribution in [0.15, 0.2) is 54.6 Å². The number of aromatic hydroxyl groups is 1. The Kier molecular flexibility index (Phi) is 8.00. The Bertz CT molecular complexity index is 1450. The predicted octanol–water partition coefficient (Wildman–Crippen LogP) is 5.16. The molecule has 0 spiro atoms. The van der Waals surface area contributed by atoms with Crippen molar-refractivity contribution in [2.24, 2.45) is 0 Å². The number of ether oxygens (including phenoxy) is 1. The fourth-order valence-corrected chi connectivity index (χ4v) is 4.28. The van der Waals surface area contributed by atoms with Crippen LogP contribution in [-0.4, -0.2) is 45.2 Å². The average molecular weight is 514 g/mol. The summed E-state index contributed by atoms with van der Waals surface area (Å²) in [4.78, 5) is 36.0. The van der Waals surface area contributed by atoms with E-state index in [-0.39, 0.29) is 30.2 Å². The first-order valence-electron chi connectivity index (χ1n) is 12.6. The largest absolute Gasteiger partial charge is 0.505 e. The number of nitrogens with zero attached hydrogens (tertiary/aromatic N) is 3. The maximum Gasteiger partial charge on any atom is 0.306 e. The first-order chi connectivity index (χ1) is 18.2. The molecule has 196 valence electrons. The summed E-state index contributed by atoms with van der Waals surface area (Å²) in [7, 11) is 0. The highest BCUT2D eigenvalue weighted by Gasteiger charge is 2.23. The number of aldehydes is 2. The molecular formula is C30H31N3O5. The Hall–Kier alpha value is -4.33. The predicted molar refractivity (Wildman–Crippen MR) is 144 cm³/mol. The summed E-state index contributed by atoms with van der Waals surface area (Å²) in [6, 6.07) is 16.3. The van der Waals surface area contributed by atoms with Gasteiger partial charge in [-0.15, -0.1) is 15.0 Å². The lowest BCUT2D eigenvalue weighted by Gasteiger charge is -2.23. The molecule has 0 aliphatic heterocycles. The van der Waals surface area contributed by atoms with Crippen LogP contribution in [0, 0.1) is 0 Å². The van der Waals surface area contributed by atoms with E-state index in [4.69, 9.17) is 4.74 Å². The fraction of sp³-hybridized carbons (Fsp3) is 0.300. The maximum absolute atomic E-state index is 12.4. The van der Waals surface area contributed by atoms with Crippen LogP contribution in [0.5, 0.6) is 5.75 Å². The number of benzene rings is 3. The molecule has 4 rings (SSSR count). The van der Waals surface area contributed by atoms with Crippen LogP contribution in [0.4, 0.5) is 0 Å². The van der Waals surface area contributed by atoms with Crippen molar-refractivity contribution in [3.05, 3.63) is 82.4 Å². The van der Waals surface area contributed by atoms with Crippen LogP contribution in [0.25, 0.3) is 16.7 Å². The molecule has 1 aromatic heterocycles. The monoisotopic (exact) mass is 513 g/mol. The molecule has 38 heavy (non-hydrogen) atoms. The molecule has 0 bridgehead atoms. The summed E-state index contributed by atoms with van der Waals surface area (Å²) in [6.45, 7) is 6.30. The number of fused-ring (bicyclic) bond motifs is 1. The van der Waals surface area contributed by atoms with E-state index in [1.807, 2.05) is 57.2 Å². The van der Waals surface area contributed by atoms with Crippen molar-refractivity contribution in [2.75, 3.05) is 6.61 Å². The molecule has 3 aromatic carbocycles. The molecule has 0 fully saturated rings. The number of aryl methyl sites for hydroxylation is 2. The summed E-state index contributed by atoms with van der Waals surface area (Å²) in [6.07, 6.45) is 3.16. The molecule has 0 radical (unpaired) electrons. The van der Waals surface area contributed by atoms with Crippen LogP contribution < -0.4 is 0 Å². The highest BCUT2D eigenvalue weighted by Crippen LogP contribution is 2.36. The van der Waals surface area contributed by atoms with Gasteiger partial charge in [-0.25, -0.2) is 0 Å². The van der Waals surface area contributed by atoms with E-state index in [0.29, 0.717) is 48.6 Å². The van der Waals surface area contributed by atoms with Gasteiger partial charge in [0.2, 0.25) is 0 Å². The van der Waals surface area contributed by atoms with Crippen LogP contribution in [0.2, 0.25) is 0 Å². The molecule has 1 N–H and O–H groups in total. The number of hydrogen-bond acceptors (Lipinski definition) is 7. The third-order valence-corrected chi connectivity index (χ3v) is 6.36. The number of aromatic nitrogens is 3. The number of rotatable bonds is 10. The molecule has 8 heteroatoms. The molecule has 0 atom stereocenters. The van der Waals surface area contributed by atoms with Crippen molar-refractivity contribution in [3.8, 4) is 11.4 Å². The van der Waals surface area contributed by atoms with Gasteiger partial charge < -0.3 is 9.84 Å². The zero-order chi connectivity index (χ0) is 27.3. The summed E-state index contributed by atoms with van der Waals surface area (Å²) < 4.78 is 5.42. The zero-order valence-corrected chi connectivity index (χ0v) is 21.8. The van der Waals surface area contributed by atoms with Gasteiger partial charge in [0.1, 0.15) is 22.5 Å². The Morgan fingerprint density at radius 3 is 2.24 bits per heavy atom. The minimum absolute atomic E-state index is 0.114. The number of esters is 1. The molecular weight excluding hydrogens is 482 g/mol. The average Bonchev–Trinajstić information content (AvgIpc) is 3.33. The highest BCUT2D eigenvalue weighted by atomic mass is 16.5. The fourth-order valence-electron chi connectivity index (χ4n) is 4.28. The van der Waals surface area contributed by atoms with Crippen molar-refractivity contribution in [2.45, 2.75) is 51.9 Å². The van der Waals surface area contributed by atoms with Gasteiger partial charge in [0.15, 0.2) is 12.6 Å². The van der Waals surface area contributed by atoms with E-state index in [0.717, 1.165) is 27.7 Å². The number of carbonyl (C=O) groups excluding carboxylic acids is 3. The van der Waals surface area contributed by atoms with Crippen molar-refractivity contribution >= 4 is 29.6 Å². The van der Waals surface area contributed by atoms with Gasteiger partial charge in [-0.1, -0.05) is 51.1 Å². The van der Waals surface area contributed by atoms with E-state index in [1.54, 1.807) is 18.2 Å². The lowest BCUT2D eigenvalue weighted by molar-refractivity contribution is -0.143. The lowest BCUT2D eigenvalue weighted by atomic mass is 9.84. The summed E-state index contributed by atoms with van der Waals surface area (Å²) in [5.41, 5.74) is 4.81. The smallest absolute Gasteiger partial charge is 0.306 e. The Balaban J connectivity index is 1.40. The van der Waals surface area contributed by atoms with Gasteiger partial charge in [0, 0.05) is 23.1 Å². The normalized spacial score (nSPS) is 11.4. The Morgan fingerprint density at radius 2 is 1.61 bits per heavy atom. The van der Waals surface area contributed by atoms with Crippen molar-refractivity contribution < 1.29 is 24.2 Å². The molecule has 0 unspecified atom stereocenters. The van der Waals surface area contributed by atoms with Gasteiger partial charge in [-0.2, -0.15) is 0 Å². The molecule has 0 aliphatic carbocycles. The molecule has 0 saturated carbocycles. The SMILES string of the molecule is CC(C)(C)c1cc(CCC(=O)OCCCc2ccc(C=O)c(C=O)c2)cc(-n2nc3ccccc3n2)c1O. The number of hydrogen-bond donors (Lipinski definition) is 1. The highest BCUT2D eigenvalue weighted by molar-refractivity contribution is 5.90. The maximum atomic E-state index is 12.4. The molecule has 0 amide bonds. The molecule has 0 saturated heterocycles.